The van der Waals surface area contributed by atoms with Crippen molar-refractivity contribution in [2.24, 2.45) is 0 Å². The van der Waals surface area contributed by atoms with E-state index in [1.54, 1.807) is 0 Å². The zero-order valence-electron chi connectivity index (χ0n) is 13.6. The van der Waals surface area contributed by atoms with Crippen LogP contribution < -0.4 is 10.2 Å². The van der Waals surface area contributed by atoms with Gasteiger partial charge in [0.25, 0.3) is 0 Å². The standard InChI is InChI=1S/C19H26N2/c1-5-21(19-8-6-7-16(4)13-19)18-11-9-17(10-12-18)14-20-15(2)3/h6-13,15,20H,5,14H2,1-4H3. The Morgan fingerprint density at radius 3 is 2.29 bits per heavy atom. The van der Waals surface area contributed by atoms with Gasteiger partial charge in [-0.3, -0.25) is 0 Å². The number of aryl methyl sites for hydroxylation is 1. The first-order chi connectivity index (χ1) is 10.1. The molecule has 21 heavy (non-hydrogen) atoms. The second-order valence-corrected chi connectivity index (χ2v) is 5.79. The van der Waals surface area contributed by atoms with Gasteiger partial charge < -0.3 is 10.2 Å². The summed E-state index contributed by atoms with van der Waals surface area (Å²) in [6.45, 7) is 10.6. The van der Waals surface area contributed by atoms with E-state index in [4.69, 9.17) is 0 Å². The number of benzene rings is 2. The first-order valence-corrected chi connectivity index (χ1v) is 7.76. The van der Waals surface area contributed by atoms with Gasteiger partial charge >= 0.3 is 0 Å². The van der Waals surface area contributed by atoms with E-state index >= 15 is 0 Å². The van der Waals surface area contributed by atoms with Crippen LogP contribution in [0.2, 0.25) is 0 Å². The second kappa shape index (κ2) is 7.28. The van der Waals surface area contributed by atoms with E-state index in [1.807, 2.05) is 0 Å². The minimum Gasteiger partial charge on any atom is -0.342 e. The van der Waals surface area contributed by atoms with Crippen molar-refractivity contribution >= 4 is 11.4 Å². The summed E-state index contributed by atoms with van der Waals surface area (Å²) in [5, 5.41) is 3.45. The minimum atomic E-state index is 0.518. The Hall–Kier alpha value is -1.80. The molecule has 0 amide bonds. The van der Waals surface area contributed by atoms with Crippen LogP contribution >= 0.6 is 0 Å². The quantitative estimate of drug-likeness (QED) is 0.829. The van der Waals surface area contributed by atoms with E-state index < -0.39 is 0 Å². The van der Waals surface area contributed by atoms with Crippen LogP contribution in [0.4, 0.5) is 11.4 Å². The molecule has 0 aromatic heterocycles. The number of nitrogens with one attached hydrogen (secondary N) is 1. The lowest BCUT2D eigenvalue weighted by Crippen LogP contribution is -2.22. The molecule has 2 aromatic rings. The van der Waals surface area contributed by atoms with Crippen molar-refractivity contribution in [1.29, 1.82) is 0 Å². The summed E-state index contributed by atoms with van der Waals surface area (Å²) in [5.74, 6) is 0. The van der Waals surface area contributed by atoms with Crippen molar-refractivity contribution in [2.75, 3.05) is 11.4 Å². The van der Waals surface area contributed by atoms with Crippen LogP contribution in [-0.2, 0) is 6.54 Å². The highest BCUT2D eigenvalue weighted by atomic mass is 15.1. The van der Waals surface area contributed by atoms with Gasteiger partial charge in [0.15, 0.2) is 0 Å². The largest absolute Gasteiger partial charge is 0.342 e. The molecule has 0 atom stereocenters. The van der Waals surface area contributed by atoms with Crippen molar-refractivity contribution in [3.8, 4) is 0 Å². The van der Waals surface area contributed by atoms with Crippen LogP contribution in [0, 0.1) is 6.92 Å². The molecule has 0 bridgehead atoms. The van der Waals surface area contributed by atoms with Gasteiger partial charge in [-0.05, 0) is 49.2 Å². The fourth-order valence-electron chi connectivity index (χ4n) is 2.43. The van der Waals surface area contributed by atoms with Crippen molar-refractivity contribution < 1.29 is 0 Å². The summed E-state index contributed by atoms with van der Waals surface area (Å²) in [4.78, 5) is 2.34. The summed E-state index contributed by atoms with van der Waals surface area (Å²) in [5.41, 5.74) is 5.12. The van der Waals surface area contributed by atoms with Gasteiger partial charge in [0.1, 0.15) is 0 Å². The molecule has 2 aromatic carbocycles. The lowest BCUT2D eigenvalue weighted by molar-refractivity contribution is 0.589. The molecule has 0 saturated carbocycles. The van der Waals surface area contributed by atoms with E-state index in [0.29, 0.717) is 6.04 Å². The first-order valence-electron chi connectivity index (χ1n) is 7.76. The SMILES string of the molecule is CCN(c1ccc(CNC(C)C)cc1)c1cccc(C)c1. The Bertz CT molecular complexity index is 558. The lowest BCUT2D eigenvalue weighted by atomic mass is 10.1. The number of nitrogens with zero attached hydrogens (tertiary/aromatic N) is 1. The summed E-state index contributed by atoms with van der Waals surface area (Å²) >= 11 is 0. The fourth-order valence-corrected chi connectivity index (χ4v) is 2.43. The zero-order chi connectivity index (χ0) is 15.2. The van der Waals surface area contributed by atoms with Crippen LogP contribution in [0.5, 0.6) is 0 Å². The minimum absolute atomic E-state index is 0.518. The van der Waals surface area contributed by atoms with Gasteiger partial charge in [0.2, 0.25) is 0 Å². The van der Waals surface area contributed by atoms with Crippen molar-refractivity contribution in [3.63, 3.8) is 0 Å². The smallest absolute Gasteiger partial charge is 0.0413 e. The van der Waals surface area contributed by atoms with Crippen LogP contribution in [-0.4, -0.2) is 12.6 Å². The lowest BCUT2D eigenvalue weighted by Gasteiger charge is -2.24. The van der Waals surface area contributed by atoms with Crippen molar-refractivity contribution in [3.05, 3.63) is 59.7 Å². The van der Waals surface area contributed by atoms with E-state index in [2.05, 4.69) is 86.4 Å². The Morgan fingerprint density at radius 2 is 1.71 bits per heavy atom. The molecule has 0 aliphatic carbocycles. The second-order valence-electron chi connectivity index (χ2n) is 5.79. The number of hydrogen-bond acceptors (Lipinski definition) is 2. The van der Waals surface area contributed by atoms with Crippen molar-refractivity contribution in [2.45, 2.75) is 40.3 Å². The maximum Gasteiger partial charge on any atom is 0.0413 e. The first kappa shape index (κ1) is 15.6. The van der Waals surface area contributed by atoms with Gasteiger partial charge in [0, 0.05) is 30.5 Å². The molecule has 0 radical (unpaired) electrons. The molecule has 0 unspecified atom stereocenters. The topological polar surface area (TPSA) is 15.3 Å². The van der Waals surface area contributed by atoms with Crippen LogP contribution in [0.15, 0.2) is 48.5 Å². The normalized spacial score (nSPS) is 10.9. The van der Waals surface area contributed by atoms with Crippen molar-refractivity contribution in [1.82, 2.24) is 5.32 Å². The molecule has 0 aliphatic heterocycles. The number of rotatable bonds is 6. The average Bonchev–Trinajstić information content (AvgIpc) is 2.47. The molecule has 0 saturated heterocycles. The molecule has 0 fully saturated rings. The Balaban J connectivity index is 2.15. The molecule has 2 rings (SSSR count). The third kappa shape index (κ3) is 4.33. The van der Waals surface area contributed by atoms with Gasteiger partial charge in [-0.25, -0.2) is 0 Å². The zero-order valence-corrected chi connectivity index (χ0v) is 13.6. The van der Waals surface area contributed by atoms with E-state index in [-0.39, 0.29) is 0 Å². The average molecular weight is 282 g/mol. The molecule has 1 N–H and O–H groups in total. The third-order valence-corrected chi connectivity index (χ3v) is 3.59. The fraction of sp³-hybridized carbons (Fsp3) is 0.368. The highest BCUT2D eigenvalue weighted by Crippen LogP contribution is 2.26. The van der Waals surface area contributed by atoms with Gasteiger partial charge in [-0.15, -0.1) is 0 Å². The maximum atomic E-state index is 3.45. The molecule has 2 heteroatoms. The van der Waals surface area contributed by atoms with Gasteiger partial charge in [-0.2, -0.15) is 0 Å². The molecule has 0 heterocycles. The predicted octanol–water partition coefficient (Wildman–Crippen LogP) is 4.65. The molecule has 0 spiro atoms. The third-order valence-electron chi connectivity index (χ3n) is 3.59. The summed E-state index contributed by atoms with van der Waals surface area (Å²) < 4.78 is 0. The molecule has 112 valence electrons. The Morgan fingerprint density at radius 1 is 1.00 bits per heavy atom. The molecule has 0 aliphatic rings. The van der Waals surface area contributed by atoms with E-state index in [0.717, 1.165) is 13.1 Å². The highest BCUT2D eigenvalue weighted by Gasteiger charge is 2.07. The predicted molar refractivity (Wildman–Crippen MR) is 92.3 cm³/mol. The monoisotopic (exact) mass is 282 g/mol. The maximum absolute atomic E-state index is 3.45. The van der Waals surface area contributed by atoms with Gasteiger partial charge in [0.05, 0.1) is 0 Å². The van der Waals surface area contributed by atoms with E-state index in [9.17, 15) is 0 Å². The Labute approximate surface area is 128 Å². The van der Waals surface area contributed by atoms with Crippen LogP contribution in [0.25, 0.3) is 0 Å². The molecular weight excluding hydrogens is 256 g/mol. The number of hydrogen-bond donors (Lipinski definition) is 1. The summed E-state index contributed by atoms with van der Waals surface area (Å²) in [6.07, 6.45) is 0. The van der Waals surface area contributed by atoms with E-state index in [1.165, 1.54) is 22.5 Å². The summed E-state index contributed by atoms with van der Waals surface area (Å²) in [7, 11) is 0. The molecular formula is C19H26N2. The Kier molecular flexibility index (Phi) is 5.40. The van der Waals surface area contributed by atoms with Crippen LogP contribution in [0.1, 0.15) is 31.9 Å². The summed E-state index contributed by atoms with van der Waals surface area (Å²) in [6, 6.07) is 18.0. The van der Waals surface area contributed by atoms with Gasteiger partial charge in [-0.1, -0.05) is 38.1 Å². The highest BCUT2D eigenvalue weighted by molar-refractivity contribution is 5.63. The number of anilines is 2. The van der Waals surface area contributed by atoms with Crippen LogP contribution in [0.3, 0.4) is 0 Å². The molecule has 2 nitrogen and oxygen atoms in total.